The van der Waals surface area contributed by atoms with Crippen molar-refractivity contribution in [3.8, 4) is 39.4 Å². The lowest BCUT2D eigenvalue weighted by Gasteiger charge is -2.12. The predicted molar refractivity (Wildman–Crippen MR) is 162 cm³/mol. The Kier molecular flexibility index (Phi) is 4.89. The van der Waals surface area contributed by atoms with Gasteiger partial charge in [-0.1, -0.05) is 60.7 Å². The topological polar surface area (TPSA) is 50.1 Å². The van der Waals surface area contributed by atoms with Gasteiger partial charge in [-0.2, -0.15) is 5.26 Å². The lowest BCUT2D eigenvalue weighted by molar-refractivity contribution is 0.668. The summed E-state index contributed by atoms with van der Waals surface area (Å²) in [6.07, 6.45) is 0. The number of fused-ring (bicyclic) bond motifs is 6. The van der Waals surface area contributed by atoms with Crippen LogP contribution in [0.1, 0.15) is 5.56 Å². The first kappa shape index (κ1) is 22.4. The molecule has 0 saturated carbocycles. The normalized spacial score (nSPS) is 11.5. The Morgan fingerprint density at radius 1 is 0.375 bits per heavy atom. The van der Waals surface area contributed by atoms with E-state index in [1.54, 1.807) is 0 Å². The van der Waals surface area contributed by atoms with E-state index in [1.165, 1.54) is 0 Å². The van der Waals surface area contributed by atoms with Crippen molar-refractivity contribution in [1.82, 2.24) is 0 Å². The lowest BCUT2D eigenvalue weighted by atomic mass is 9.92. The van der Waals surface area contributed by atoms with Crippen LogP contribution in [0.15, 0.2) is 136 Å². The second kappa shape index (κ2) is 8.73. The fourth-order valence-corrected chi connectivity index (χ4v) is 5.71. The fourth-order valence-electron chi connectivity index (χ4n) is 5.71. The zero-order chi connectivity index (χ0) is 26.6. The molecule has 186 valence electrons. The quantitative estimate of drug-likeness (QED) is 0.237. The highest BCUT2D eigenvalue weighted by atomic mass is 16.3. The van der Waals surface area contributed by atoms with Gasteiger partial charge in [0.1, 0.15) is 22.3 Å². The van der Waals surface area contributed by atoms with Gasteiger partial charge in [0.05, 0.1) is 11.6 Å². The molecule has 0 spiro atoms. The average Bonchev–Trinajstić information content (AvgIpc) is 3.58. The van der Waals surface area contributed by atoms with Gasteiger partial charge in [0.15, 0.2) is 0 Å². The van der Waals surface area contributed by atoms with E-state index in [0.717, 1.165) is 77.3 Å². The Labute approximate surface area is 230 Å². The van der Waals surface area contributed by atoms with E-state index in [-0.39, 0.29) is 0 Å². The standard InChI is InChI=1S/C37H21NO2/c38-22-23-6-5-7-24(16-23)27-17-28(25-13-15-36-33(20-25)31-9-2-4-11-35(31)39-36)19-29(18-27)26-12-14-32-30-8-1-3-10-34(30)40-37(32)21-26/h1-21H. The van der Waals surface area contributed by atoms with E-state index in [1.807, 2.05) is 60.7 Å². The minimum Gasteiger partial charge on any atom is -0.456 e. The molecular formula is C37H21NO2. The smallest absolute Gasteiger partial charge is 0.136 e. The maximum Gasteiger partial charge on any atom is 0.136 e. The molecular weight excluding hydrogens is 490 g/mol. The molecule has 0 radical (unpaired) electrons. The molecule has 0 unspecified atom stereocenters. The molecule has 0 bridgehead atoms. The number of rotatable bonds is 3. The average molecular weight is 512 g/mol. The molecule has 0 aliphatic carbocycles. The van der Waals surface area contributed by atoms with Gasteiger partial charge >= 0.3 is 0 Å². The second-order valence-corrected chi connectivity index (χ2v) is 10.1. The molecule has 0 aliphatic rings. The van der Waals surface area contributed by atoms with E-state index in [9.17, 15) is 5.26 Å². The summed E-state index contributed by atoms with van der Waals surface area (Å²) in [7, 11) is 0. The molecule has 0 aliphatic heterocycles. The molecule has 3 nitrogen and oxygen atoms in total. The van der Waals surface area contributed by atoms with Gasteiger partial charge < -0.3 is 8.83 Å². The first-order valence-electron chi connectivity index (χ1n) is 13.2. The maximum absolute atomic E-state index is 9.53. The van der Waals surface area contributed by atoms with Crippen LogP contribution in [-0.2, 0) is 0 Å². The monoisotopic (exact) mass is 511 g/mol. The first-order valence-corrected chi connectivity index (χ1v) is 13.2. The summed E-state index contributed by atoms with van der Waals surface area (Å²) in [5, 5.41) is 14.0. The summed E-state index contributed by atoms with van der Waals surface area (Å²) in [4.78, 5) is 0. The van der Waals surface area contributed by atoms with E-state index < -0.39 is 0 Å². The predicted octanol–water partition coefficient (Wildman–Crippen LogP) is 10.4. The van der Waals surface area contributed by atoms with Crippen LogP contribution >= 0.6 is 0 Å². The summed E-state index contributed by atoms with van der Waals surface area (Å²) in [5.74, 6) is 0. The van der Waals surface area contributed by atoms with E-state index >= 15 is 0 Å². The van der Waals surface area contributed by atoms with Gasteiger partial charge in [0.2, 0.25) is 0 Å². The van der Waals surface area contributed by atoms with Crippen molar-refractivity contribution in [2.75, 3.05) is 0 Å². The third-order valence-electron chi connectivity index (χ3n) is 7.68. The van der Waals surface area contributed by atoms with E-state index in [0.29, 0.717) is 5.56 Å². The van der Waals surface area contributed by atoms with E-state index in [2.05, 4.69) is 72.8 Å². The van der Waals surface area contributed by atoms with Gasteiger partial charge in [0, 0.05) is 21.5 Å². The number of hydrogen-bond acceptors (Lipinski definition) is 3. The zero-order valence-corrected chi connectivity index (χ0v) is 21.4. The summed E-state index contributed by atoms with van der Waals surface area (Å²) in [5.41, 5.74) is 10.5. The van der Waals surface area contributed by atoms with Crippen molar-refractivity contribution in [3.63, 3.8) is 0 Å². The maximum atomic E-state index is 9.53. The van der Waals surface area contributed by atoms with Crippen LogP contribution < -0.4 is 0 Å². The molecule has 0 amide bonds. The largest absolute Gasteiger partial charge is 0.456 e. The highest BCUT2D eigenvalue weighted by molar-refractivity contribution is 6.07. The van der Waals surface area contributed by atoms with Gasteiger partial charge in [-0.15, -0.1) is 0 Å². The number of nitrogens with zero attached hydrogens (tertiary/aromatic N) is 1. The molecule has 0 atom stereocenters. The molecule has 6 aromatic carbocycles. The van der Waals surface area contributed by atoms with Crippen molar-refractivity contribution >= 4 is 43.9 Å². The Morgan fingerprint density at radius 3 is 1.65 bits per heavy atom. The number of nitriles is 1. The molecule has 2 aromatic heterocycles. The first-order chi connectivity index (χ1) is 19.7. The molecule has 0 N–H and O–H groups in total. The summed E-state index contributed by atoms with van der Waals surface area (Å²) < 4.78 is 12.3. The molecule has 0 saturated heterocycles. The van der Waals surface area contributed by atoms with Crippen molar-refractivity contribution in [2.45, 2.75) is 0 Å². The lowest BCUT2D eigenvalue weighted by Crippen LogP contribution is -1.87. The number of para-hydroxylation sites is 2. The SMILES string of the molecule is N#Cc1cccc(-c2cc(-c3ccc4c(c3)oc3ccccc34)cc(-c3ccc4oc5ccccc5c4c3)c2)c1. The Bertz CT molecular complexity index is 2290. The Hall–Kier alpha value is -5.59. The van der Waals surface area contributed by atoms with Crippen LogP contribution in [0.5, 0.6) is 0 Å². The van der Waals surface area contributed by atoms with Crippen LogP contribution in [-0.4, -0.2) is 0 Å². The Morgan fingerprint density at radius 2 is 0.925 bits per heavy atom. The van der Waals surface area contributed by atoms with Crippen molar-refractivity contribution in [2.24, 2.45) is 0 Å². The minimum atomic E-state index is 0.638. The summed E-state index contributed by atoms with van der Waals surface area (Å²) >= 11 is 0. The van der Waals surface area contributed by atoms with Crippen LogP contribution in [0.3, 0.4) is 0 Å². The summed E-state index contributed by atoms with van der Waals surface area (Å²) in [6, 6.07) is 45.7. The number of furan rings is 2. The molecule has 8 rings (SSSR count). The number of hydrogen-bond donors (Lipinski definition) is 0. The van der Waals surface area contributed by atoms with Crippen LogP contribution in [0.25, 0.3) is 77.3 Å². The van der Waals surface area contributed by atoms with Gasteiger partial charge in [-0.05, 0) is 100 Å². The van der Waals surface area contributed by atoms with Crippen LogP contribution in [0, 0.1) is 11.3 Å². The van der Waals surface area contributed by atoms with E-state index in [4.69, 9.17) is 8.83 Å². The Balaban J connectivity index is 1.35. The van der Waals surface area contributed by atoms with Gasteiger partial charge in [-0.25, -0.2) is 0 Å². The molecule has 3 heteroatoms. The highest BCUT2D eigenvalue weighted by Gasteiger charge is 2.13. The minimum absolute atomic E-state index is 0.638. The van der Waals surface area contributed by atoms with Crippen molar-refractivity contribution in [3.05, 3.63) is 133 Å². The van der Waals surface area contributed by atoms with Crippen LogP contribution in [0.2, 0.25) is 0 Å². The van der Waals surface area contributed by atoms with Gasteiger partial charge in [-0.3, -0.25) is 0 Å². The molecule has 2 heterocycles. The third-order valence-corrected chi connectivity index (χ3v) is 7.68. The van der Waals surface area contributed by atoms with Crippen molar-refractivity contribution < 1.29 is 8.83 Å². The van der Waals surface area contributed by atoms with Crippen LogP contribution in [0.4, 0.5) is 0 Å². The molecule has 40 heavy (non-hydrogen) atoms. The zero-order valence-electron chi connectivity index (χ0n) is 21.4. The molecule has 0 fully saturated rings. The van der Waals surface area contributed by atoms with Gasteiger partial charge in [0.25, 0.3) is 0 Å². The molecule has 8 aromatic rings. The second-order valence-electron chi connectivity index (χ2n) is 10.1. The third kappa shape index (κ3) is 3.59. The summed E-state index contributed by atoms with van der Waals surface area (Å²) in [6.45, 7) is 0. The number of benzene rings is 6. The fraction of sp³-hybridized carbons (Fsp3) is 0. The highest BCUT2D eigenvalue weighted by Crippen LogP contribution is 2.38. The van der Waals surface area contributed by atoms with Crippen molar-refractivity contribution in [1.29, 1.82) is 5.26 Å².